The largest absolute Gasteiger partial charge is 0.355 e. The van der Waals surface area contributed by atoms with Gasteiger partial charge in [-0.15, -0.1) is 0 Å². The standard InChI is InChI=1S/C16H20N2O3/c1-3-10-17-14(20)16(8-9-16)15(21)18-13-6-4-12(5-7-13)11(2)19/h4-7H,3,8-10H2,1-2H3,(H,17,20)(H,18,21). The lowest BCUT2D eigenvalue weighted by Gasteiger charge is -2.15. The summed E-state index contributed by atoms with van der Waals surface area (Å²) in [5.41, 5.74) is 0.281. The molecule has 0 radical (unpaired) electrons. The molecule has 1 aromatic rings. The molecule has 21 heavy (non-hydrogen) atoms. The molecule has 1 aromatic carbocycles. The van der Waals surface area contributed by atoms with Crippen molar-refractivity contribution in [1.82, 2.24) is 5.32 Å². The predicted octanol–water partition coefficient (Wildman–Crippen LogP) is 2.13. The van der Waals surface area contributed by atoms with Crippen molar-refractivity contribution in [1.29, 1.82) is 0 Å². The second-order valence-corrected chi connectivity index (χ2v) is 5.43. The Labute approximate surface area is 124 Å². The highest BCUT2D eigenvalue weighted by Gasteiger charge is 2.56. The Hall–Kier alpha value is -2.17. The first-order chi connectivity index (χ1) is 9.99. The molecule has 5 heteroatoms. The van der Waals surface area contributed by atoms with Crippen LogP contribution in [0.2, 0.25) is 0 Å². The molecule has 112 valence electrons. The fraction of sp³-hybridized carbons (Fsp3) is 0.438. The van der Waals surface area contributed by atoms with E-state index in [1.54, 1.807) is 24.3 Å². The Kier molecular flexibility index (Phi) is 4.40. The summed E-state index contributed by atoms with van der Waals surface area (Å²) in [5.74, 6) is -0.487. The molecule has 2 amide bonds. The van der Waals surface area contributed by atoms with Gasteiger partial charge in [0, 0.05) is 17.8 Å². The number of nitrogens with one attached hydrogen (secondary N) is 2. The number of rotatable bonds is 6. The van der Waals surface area contributed by atoms with Crippen LogP contribution < -0.4 is 10.6 Å². The number of anilines is 1. The molecule has 0 bridgehead atoms. The lowest BCUT2D eigenvalue weighted by Crippen LogP contribution is -2.40. The van der Waals surface area contributed by atoms with Crippen LogP contribution in [0.25, 0.3) is 0 Å². The van der Waals surface area contributed by atoms with Crippen LogP contribution in [0.1, 0.15) is 43.5 Å². The van der Waals surface area contributed by atoms with Crippen molar-refractivity contribution in [3.8, 4) is 0 Å². The summed E-state index contributed by atoms with van der Waals surface area (Å²) in [6, 6.07) is 6.67. The first-order valence-corrected chi connectivity index (χ1v) is 7.20. The lowest BCUT2D eigenvalue weighted by atomic mass is 10.0. The van der Waals surface area contributed by atoms with Crippen molar-refractivity contribution < 1.29 is 14.4 Å². The zero-order chi connectivity index (χ0) is 15.5. The average molecular weight is 288 g/mol. The summed E-state index contributed by atoms with van der Waals surface area (Å²) in [7, 11) is 0. The van der Waals surface area contributed by atoms with Crippen molar-refractivity contribution >= 4 is 23.3 Å². The van der Waals surface area contributed by atoms with E-state index < -0.39 is 5.41 Å². The Morgan fingerprint density at radius 2 is 1.71 bits per heavy atom. The van der Waals surface area contributed by atoms with Crippen LogP contribution in [-0.2, 0) is 9.59 Å². The van der Waals surface area contributed by atoms with Crippen LogP contribution in [0.4, 0.5) is 5.69 Å². The molecular formula is C16H20N2O3. The fourth-order valence-electron chi connectivity index (χ4n) is 2.13. The molecule has 0 aliphatic heterocycles. The van der Waals surface area contributed by atoms with E-state index >= 15 is 0 Å². The average Bonchev–Trinajstić information content (AvgIpc) is 3.27. The van der Waals surface area contributed by atoms with Crippen LogP contribution in [0.15, 0.2) is 24.3 Å². The quantitative estimate of drug-likeness (QED) is 0.622. The predicted molar refractivity (Wildman–Crippen MR) is 80.0 cm³/mol. The molecule has 2 rings (SSSR count). The van der Waals surface area contributed by atoms with Crippen LogP contribution in [0, 0.1) is 5.41 Å². The molecule has 0 unspecified atom stereocenters. The van der Waals surface area contributed by atoms with Crippen molar-refractivity contribution in [3.05, 3.63) is 29.8 Å². The summed E-state index contributed by atoms with van der Waals surface area (Å²) in [6.07, 6.45) is 2.01. The number of hydrogen-bond donors (Lipinski definition) is 2. The van der Waals surface area contributed by atoms with E-state index in [1.807, 2.05) is 6.92 Å². The summed E-state index contributed by atoms with van der Waals surface area (Å²) < 4.78 is 0. The van der Waals surface area contributed by atoms with E-state index in [-0.39, 0.29) is 17.6 Å². The third-order valence-corrected chi connectivity index (χ3v) is 3.70. The number of ketones is 1. The summed E-state index contributed by atoms with van der Waals surface area (Å²) in [6.45, 7) is 4.04. The molecule has 0 heterocycles. The van der Waals surface area contributed by atoms with E-state index in [2.05, 4.69) is 10.6 Å². The minimum absolute atomic E-state index is 0.0227. The molecule has 5 nitrogen and oxygen atoms in total. The zero-order valence-corrected chi connectivity index (χ0v) is 12.4. The molecule has 1 fully saturated rings. The zero-order valence-electron chi connectivity index (χ0n) is 12.4. The van der Waals surface area contributed by atoms with E-state index in [0.29, 0.717) is 30.6 Å². The van der Waals surface area contributed by atoms with E-state index in [9.17, 15) is 14.4 Å². The molecule has 0 spiro atoms. The number of carbonyl (C=O) groups is 3. The monoisotopic (exact) mass is 288 g/mol. The van der Waals surface area contributed by atoms with Gasteiger partial charge in [-0.25, -0.2) is 0 Å². The molecule has 0 aromatic heterocycles. The van der Waals surface area contributed by atoms with E-state index in [4.69, 9.17) is 0 Å². The maximum absolute atomic E-state index is 12.3. The molecular weight excluding hydrogens is 268 g/mol. The van der Waals surface area contributed by atoms with Gasteiger partial charge in [0.05, 0.1) is 0 Å². The minimum atomic E-state index is -0.908. The van der Waals surface area contributed by atoms with Crippen molar-refractivity contribution in [3.63, 3.8) is 0 Å². The van der Waals surface area contributed by atoms with Gasteiger partial charge in [-0.05, 0) is 50.5 Å². The smallest absolute Gasteiger partial charge is 0.240 e. The lowest BCUT2D eigenvalue weighted by molar-refractivity contribution is -0.134. The molecule has 1 saturated carbocycles. The van der Waals surface area contributed by atoms with Gasteiger partial charge in [-0.3, -0.25) is 14.4 Å². The Morgan fingerprint density at radius 3 is 2.19 bits per heavy atom. The summed E-state index contributed by atoms with van der Waals surface area (Å²) >= 11 is 0. The number of amides is 2. The highest BCUT2D eigenvalue weighted by Crippen LogP contribution is 2.46. The van der Waals surface area contributed by atoms with E-state index in [0.717, 1.165) is 6.42 Å². The Balaban J connectivity index is 2.01. The number of Topliss-reactive ketones (excluding diaryl/α,β-unsaturated/α-hetero) is 1. The van der Waals surface area contributed by atoms with Gasteiger partial charge in [0.15, 0.2) is 5.78 Å². The third kappa shape index (κ3) is 3.29. The maximum Gasteiger partial charge on any atom is 0.240 e. The second-order valence-electron chi connectivity index (χ2n) is 5.43. The van der Waals surface area contributed by atoms with Crippen LogP contribution in [0.3, 0.4) is 0 Å². The second kappa shape index (κ2) is 6.08. The highest BCUT2D eigenvalue weighted by atomic mass is 16.2. The molecule has 2 N–H and O–H groups in total. The third-order valence-electron chi connectivity index (χ3n) is 3.70. The number of carbonyl (C=O) groups excluding carboxylic acids is 3. The van der Waals surface area contributed by atoms with Gasteiger partial charge in [0.2, 0.25) is 11.8 Å². The van der Waals surface area contributed by atoms with Crippen molar-refractivity contribution in [2.45, 2.75) is 33.1 Å². The van der Waals surface area contributed by atoms with Crippen molar-refractivity contribution in [2.24, 2.45) is 5.41 Å². The normalized spacial score (nSPS) is 15.1. The Bertz CT molecular complexity index is 559. The van der Waals surface area contributed by atoms with Crippen molar-refractivity contribution in [2.75, 3.05) is 11.9 Å². The SMILES string of the molecule is CCCNC(=O)C1(C(=O)Nc2ccc(C(C)=O)cc2)CC1. The van der Waals surface area contributed by atoms with Gasteiger partial charge in [0.1, 0.15) is 5.41 Å². The van der Waals surface area contributed by atoms with Gasteiger partial charge >= 0.3 is 0 Å². The fourth-order valence-corrected chi connectivity index (χ4v) is 2.13. The van der Waals surface area contributed by atoms with Gasteiger partial charge in [-0.2, -0.15) is 0 Å². The molecule has 0 saturated heterocycles. The molecule has 0 atom stereocenters. The first-order valence-electron chi connectivity index (χ1n) is 7.20. The van der Waals surface area contributed by atoms with Gasteiger partial charge in [-0.1, -0.05) is 6.92 Å². The van der Waals surface area contributed by atoms with Crippen LogP contribution >= 0.6 is 0 Å². The highest BCUT2D eigenvalue weighted by molar-refractivity contribution is 6.13. The molecule has 1 aliphatic carbocycles. The van der Waals surface area contributed by atoms with E-state index in [1.165, 1.54) is 6.92 Å². The number of benzene rings is 1. The van der Waals surface area contributed by atoms with Crippen LogP contribution in [-0.4, -0.2) is 24.1 Å². The van der Waals surface area contributed by atoms with Gasteiger partial charge < -0.3 is 10.6 Å². The summed E-state index contributed by atoms with van der Waals surface area (Å²) in [4.78, 5) is 35.5. The first kappa shape index (κ1) is 15.2. The summed E-state index contributed by atoms with van der Waals surface area (Å²) in [5, 5.41) is 5.54. The Morgan fingerprint density at radius 1 is 1.10 bits per heavy atom. The topological polar surface area (TPSA) is 75.3 Å². The maximum atomic E-state index is 12.3. The number of hydrogen-bond acceptors (Lipinski definition) is 3. The minimum Gasteiger partial charge on any atom is -0.355 e. The van der Waals surface area contributed by atoms with Gasteiger partial charge in [0.25, 0.3) is 0 Å². The van der Waals surface area contributed by atoms with Crippen LogP contribution in [0.5, 0.6) is 0 Å². The molecule has 1 aliphatic rings.